The fourth-order valence-corrected chi connectivity index (χ4v) is 0.969. The van der Waals surface area contributed by atoms with Gasteiger partial charge in [0.25, 0.3) is 0 Å². The Hall–Kier alpha value is -0.640. The second-order valence-corrected chi connectivity index (χ2v) is 4.13. The van der Waals surface area contributed by atoms with Gasteiger partial charge in [0, 0.05) is 0 Å². The summed E-state index contributed by atoms with van der Waals surface area (Å²) in [4.78, 5) is 4.13. The number of aromatic nitrogens is 3. The Labute approximate surface area is 70.6 Å². The van der Waals surface area contributed by atoms with E-state index < -0.39 is 0 Å². The zero-order valence-corrected chi connectivity index (χ0v) is 7.72. The van der Waals surface area contributed by atoms with Crippen LogP contribution in [0.4, 0.5) is 0 Å². The summed E-state index contributed by atoms with van der Waals surface area (Å²) in [7, 11) is 0. The second-order valence-electron chi connectivity index (χ2n) is 2.70. The Morgan fingerprint density at radius 1 is 1.36 bits per heavy atom. The minimum Gasteiger partial charge on any atom is -0.236 e. The minimum atomic E-state index is 0.0376. The van der Waals surface area contributed by atoms with Crippen molar-refractivity contribution in [2.24, 2.45) is 0 Å². The molecule has 3 nitrogen and oxygen atoms in total. The van der Waals surface area contributed by atoms with Crippen molar-refractivity contribution in [1.29, 1.82) is 0 Å². The van der Waals surface area contributed by atoms with E-state index in [2.05, 4.69) is 35.3 Å². The Kier molecular flexibility index (Phi) is 2.44. The molecule has 1 heterocycles. The molecule has 0 amide bonds. The van der Waals surface area contributed by atoms with E-state index in [0.717, 1.165) is 5.69 Å². The first-order valence-corrected chi connectivity index (χ1v) is 4.57. The summed E-state index contributed by atoms with van der Waals surface area (Å²) in [5.74, 6) is 0. The monoisotopic (exact) mass is 169 g/mol. The molecule has 60 valence electrons. The van der Waals surface area contributed by atoms with Crippen LogP contribution in [-0.2, 0) is 4.75 Å². The zero-order valence-electron chi connectivity index (χ0n) is 6.90. The maximum Gasteiger partial charge on any atom is 0.138 e. The summed E-state index contributed by atoms with van der Waals surface area (Å²) >= 11 is 1.75. The molecule has 0 fully saturated rings. The standard InChI is InChI=1S/C7H11N3S/c1-7(2,11-3)6-4-9-10-5-8-6/h4-5H,1-3H3. The molecule has 0 N–H and O–H groups in total. The predicted molar refractivity (Wildman–Crippen MR) is 46.4 cm³/mol. The third-order valence-electron chi connectivity index (χ3n) is 1.62. The van der Waals surface area contributed by atoms with Gasteiger partial charge >= 0.3 is 0 Å². The lowest BCUT2D eigenvalue weighted by molar-refractivity contribution is 0.725. The number of nitrogens with zero attached hydrogens (tertiary/aromatic N) is 3. The molecular formula is C7H11N3S. The molecule has 0 atom stereocenters. The fourth-order valence-electron chi connectivity index (χ4n) is 0.655. The molecule has 0 aliphatic heterocycles. The molecule has 1 aromatic heterocycles. The average molecular weight is 169 g/mol. The van der Waals surface area contributed by atoms with Gasteiger partial charge in [0.2, 0.25) is 0 Å². The SMILES string of the molecule is CSC(C)(C)c1cnncn1. The molecule has 0 aliphatic rings. The van der Waals surface area contributed by atoms with E-state index in [1.54, 1.807) is 18.0 Å². The van der Waals surface area contributed by atoms with Crippen LogP contribution in [0.25, 0.3) is 0 Å². The molecule has 0 radical (unpaired) electrons. The molecular weight excluding hydrogens is 158 g/mol. The third kappa shape index (κ3) is 1.89. The second kappa shape index (κ2) is 3.17. The highest BCUT2D eigenvalue weighted by Crippen LogP contribution is 2.30. The normalized spacial score (nSPS) is 11.5. The number of thioether (sulfide) groups is 1. The lowest BCUT2D eigenvalue weighted by Gasteiger charge is -2.19. The van der Waals surface area contributed by atoms with E-state index in [1.807, 2.05) is 0 Å². The maximum absolute atomic E-state index is 4.13. The molecule has 1 aromatic rings. The number of rotatable bonds is 2. The molecule has 0 saturated heterocycles. The smallest absolute Gasteiger partial charge is 0.138 e. The van der Waals surface area contributed by atoms with Crippen LogP contribution in [0.3, 0.4) is 0 Å². The van der Waals surface area contributed by atoms with Crippen LogP contribution in [0.15, 0.2) is 12.5 Å². The first-order valence-electron chi connectivity index (χ1n) is 3.35. The van der Waals surface area contributed by atoms with Crippen LogP contribution >= 0.6 is 11.8 Å². The van der Waals surface area contributed by atoms with Crippen LogP contribution < -0.4 is 0 Å². The predicted octanol–water partition coefficient (Wildman–Crippen LogP) is 1.47. The fraction of sp³-hybridized carbons (Fsp3) is 0.571. The van der Waals surface area contributed by atoms with E-state index in [4.69, 9.17) is 0 Å². The van der Waals surface area contributed by atoms with Crippen molar-refractivity contribution < 1.29 is 0 Å². The van der Waals surface area contributed by atoms with E-state index in [0.29, 0.717) is 0 Å². The van der Waals surface area contributed by atoms with Crippen molar-refractivity contribution in [2.45, 2.75) is 18.6 Å². The van der Waals surface area contributed by atoms with Gasteiger partial charge in [-0.3, -0.25) is 0 Å². The lowest BCUT2D eigenvalue weighted by Crippen LogP contribution is -2.13. The Morgan fingerprint density at radius 3 is 2.55 bits per heavy atom. The van der Waals surface area contributed by atoms with Gasteiger partial charge in [-0.15, -0.1) is 5.10 Å². The van der Waals surface area contributed by atoms with Crippen molar-refractivity contribution in [3.05, 3.63) is 18.2 Å². The molecule has 11 heavy (non-hydrogen) atoms. The highest BCUT2D eigenvalue weighted by molar-refractivity contribution is 7.99. The highest BCUT2D eigenvalue weighted by Gasteiger charge is 2.20. The summed E-state index contributed by atoms with van der Waals surface area (Å²) in [5, 5.41) is 7.40. The van der Waals surface area contributed by atoms with Crippen LogP contribution in [-0.4, -0.2) is 21.4 Å². The van der Waals surface area contributed by atoms with Gasteiger partial charge in [-0.2, -0.15) is 16.9 Å². The van der Waals surface area contributed by atoms with Gasteiger partial charge in [-0.05, 0) is 20.1 Å². The van der Waals surface area contributed by atoms with Crippen molar-refractivity contribution in [3.8, 4) is 0 Å². The summed E-state index contributed by atoms with van der Waals surface area (Å²) in [6.07, 6.45) is 5.24. The Balaban J connectivity index is 2.93. The van der Waals surface area contributed by atoms with Gasteiger partial charge in [0.15, 0.2) is 0 Å². The first-order chi connectivity index (χ1) is 5.17. The highest BCUT2D eigenvalue weighted by atomic mass is 32.2. The number of hydrogen-bond acceptors (Lipinski definition) is 4. The van der Waals surface area contributed by atoms with E-state index >= 15 is 0 Å². The van der Waals surface area contributed by atoms with E-state index in [-0.39, 0.29) is 4.75 Å². The van der Waals surface area contributed by atoms with Crippen molar-refractivity contribution in [1.82, 2.24) is 15.2 Å². The van der Waals surface area contributed by atoms with Gasteiger partial charge in [0.05, 0.1) is 16.6 Å². The molecule has 0 aliphatic carbocycles. The van der Waals surface area contributed by atoms with Gasteiger partial charge in [-0.25, -0.2) is 4.98 Å². The van der Waals surface area contributed by atoms with Crippen LogP contribution in [0.1, 0.15) is 19.5 Å². The third-order valence-corrected chi connectivity index (χ3v) is 2.85. The number of hydrogen-bond donors (Lipinski definition) is 0. The topological polar surface area (TPSA) is 38.7 Å². The first kappa shape index (κ1) is 8.46. The summed E-state index contributed by atoms with van der Waals surface area (Å²) < 4.78 is 0.0376. The van der Waals surface area contributed by atoms with Gasteiger partial charge < -0.3 is 0 Å². The molecule has 0 spiro atoms. The molecule has 0 aromatic carbocycles. The summed E-state index contributed by atoms with van der Waals surface area (Å²) in [5.41, 5.74) is 0.972. The summed E-state index contributed by atoms with van der Waals surface area (Å²) in [6.45, 7) is 4.23. The Bertz CT molecular complexity index is 222. The van der Waals surface area contributed by atoms with E-state index in [1.165, 1.54) is 6.33 Å². The van der Waals surface area contributed by atoms with Crippen molar-refractivity contribution >= 4 is 11.8 Å². The van der Waals surface area contributed by atoms with Crippen LogP contribution in [0.5, 0.6) is 0 Å². The largest absolute Gasteiger partial charge is 0.236 e. The maximum atomic E-state index is 4.13. The molecule has 0 unspecified atom stereocenters. The molecule has 0 saturated carbocycles. The van der Waals surface area contributed by atoms with Crippen molar-refractivity contribution in [2.75, 3.05) is 6.26 Å². The zero-order chi connectivity index (χ0) is 8.32. The lowest BCUT2D eigenvalue weighted by atomic mass is 10.1. The average Bonchev–Trinajstić information content (AvgIpc) is 2.06. The van der Waals surface area contributed by atoms with Crippen LogP contribution in [0, 0.1) is 0 Å². The van der Waals surface area contributed by atoms with Crippen molar-refractivity contribution in [3.63, 3.8) is 0 Å². The minimum absolute atomic E-state index is 0.0376. The molecule has 4 heteroatoms. The summed E-state index contributed by atoms with van der Waals surface area (Å²) in [6, 6.07) is 0. The van der Waals surface area contributed by atoms with Gasteiger partial charge in [0.1, 0.15) is 6.33 Å². The van der Waals surface area contributed by atoms with E-state index in [9.17, 15) is 0 Å². The Morgan fingerprint density at radius 2 is 2.09 bits per heavy atom. The molecule has 0 bridgehead atoms. The quantitative estimate of drug-likeness (QED) is 0.672. The molecule has 1 rings (SSSR count). The van der Waals surface area contributed by atoms with Gasteiger partial charge in [-0.1, -0.05) is 0 Å². The van der Waals surface area contributed by atoms with Crippen LogP contribution in [0.2, 0.25) is 0 Å².